The molecule has 1 aliphatic heterocycles. The first-order chi connectivity index (χ1) is 13.5. The number of rotatable bonds is 4. The van der Waals surface area contributed by atoms with Gasteiger partial charge in [0, 0.05) is 49.9 Å². The Morgan fingerprint density at radius 3 is 2.43 bits per heavy atom. The fourth-order valence-corrected chi connectivity index (χ4v) is 3.63. The van der Waals surface area contributed by atoms with Crippen molar-refractivity contribution >= 4 is 28.4 Å². The summed E-state index contributed by atoms with van der Waals surface area (Å²) in [6.07, 6.45) is 5.53. The number of anilines is 3. The maximum Gasteiger partial charge on any atom is 0.348 e. The Hall–Kier alpha value is -3.00. The molecular formula is C20H25N7O. The lowest BCUT2D eigenvalue weighted by Crippen LogP contribution is -2.41. The molecule has 0 bridgehead atoms. The third-order valence-electron chi connectivity index (χ3n) is 5.40. The minimum absolute atomic E-state index is 0.334. The molecule has 0 unspecified atom stereocenters. The second-order valence-corrected chi connectivity index (χ2v) is 7.43. The molecule has 0 atom stereocenters. The van der Waals surface area contributed by atoms with E-state index in [9.17, 15) is 4.79 Å². The molecule has 0 aliphatic carbocycles. The van der Waals surface area contributed by atoms with E-state index in [-0.39, 0.29) is 5.69 Å². The molecule has 1 aromatic carbocycles. The summed E-state index contributed by atoms with van der Waals surface area (Å²) in [6.45, 7) is 2.15. The predicted molar refractivity (Wildman–Crippen MR) is 111 cm³/mol. The zero-order chi connectivity index (χ0) is 19.7. The predicted octanol–water partition coefficient (Wildman–Crippen LogP) is 2.00. The van der Waals surface area contributed by atoms with E-state index in [1.54, 1.807) is 13.2 Å². The molecule has 1 aliphatic rings. The van der Waals surface area contributed by atoms with E-state index >= 15 is 0 Å². The summed E-state index contributed by atoms with van der Waals surface area (Å²) in [5.41, 5.74) is 2.36. The van der Waals surface area contributed by atoms with E-state index < -0.39 is 0 Å². The summed E-state index contributed by atoms with van der Waals surface area (Å²) in [7, 11) is 5.97. The third-order valence-corrected chi connectivity index (χ3v) is 5.40. The molecule has 1 fully saturated rings. The van der Waals surface area contributed by atoms with Crippen molar-refractivity contribution in [3.63, 3.8) is 0 Å². The maximum atomic E-state index is 11.7. The molecule has 3 heterocycles. The van der Waals surface area contributed by atoms with Crippen molar-refractivity contribution in [1.82, 2.24) is 24.4 Å². The minimum atomic E-state index is -0.334. The highest BCUT2D eigenvalue weighted by Crippen LogP contribution is 2.24. The fourth-order valence-electron chi connectivity index (χ4n) is 3.63. The lowest BCUT2D eigenvalue weighted by atomic mass is 10.0. The molecule has 8 nitrogen and oxygen atoms in total. The first-order valence-corrected chi connectivity index (χ1v) is 9.48. The monoisotopic (exact) mass is 379 g/mol. The van der Waals surface area contributed by atoms with Crippen molar-refractivity contribution < 1.29 is 0 Å². The molecular weight excluding hydrogens is 354 g/mol. The molecule has 0 radical (unpaired) electrons. The number of benzene rings is 1. The van der Waals surface area contributed by atoms with Gasteiger partial charge in [0.1, 0.15) is 0 Å². The van der Waals surface area contributed by atoms with E-state index in [0.29, 0.717) is 17.6 Å². The Labute approximate surface area is 163 Å². The van der Waals surface area contributed by atoms with Gasteiger partial charge in [0.15, 0.2) is 5.65 Å². The van der Waals surface area contributed by atoms with Gasteiger partial charge in [0.05, 0.1) is 5.39 Å². The number of nitrogens with one attached hydrogen (secondary N) is 1. The van der Waals surface area contributed by atoms with Crippen LogP contribution in [0.3, 0.4) is 0 Å². The standard InChI is InChI=1S/C20H25N7O/c1-25(2)16-8-10-27(11-9-16)17-6-4-15(5-7-17)23-19-21-12-14-13-22-20(28)26(3)18(14)24-19/h4-7,12-13,16H,8-11H2,1-3H3,(H,21,23,24). The van der Waals surface area contributed by atoms with E-state index in [2.05, 4.69) is 56.3 Å². The van der Waals surface area contributed by atoms with Gasteiger partial charge in [-0.25, -0.2) is 14.8 Å². The second-order valence-electron chi connectivity index (χ2n) is 7.43. The Bertz CT molecular complexity index is 1020. The van der Waals surface area contributed by atoms with Gasteiger partial charge in [-0.3, -0.25) is 4.57 Å². The van der Waals surface area contributed by atoms with Gasteiger partial charge in [-0.2, -0.15) is 4.98 Å². The number of nitrogens with zero attached hydrogens (tertiary/aromatic N) is 6. The van der Waals surface area contributed by atoms with Gasteiger partial charge in [-0.05, 0) is 51.2 Å². The van der Waals surface area contributed by atoms with Crippen LogP contribution in [0.15, 0.2) is 41.5 Å². The molecule has 0 spiro atoms. The van der Waals surface area contributed by atoms with Crippen molar-refractivity contribution in [3.05, 3.63) is 47.1 Å². The Kier molecular flexibility index (Phi) is 4.95. The second kappa shape index (κ2) is 7.55. The van der Waals surface area contributed by atoms with E-state index in [0.717, 1.165) is 24.2 Å². The number of aromatic nitrogens is 4. The molecule has 1 saturated heterocycles. The quantitative estimate of drug-likeness (QED) is 0.743. The molecule has 1 N–H and O–H groups in total. The Morgan fingerprint density at radius 1 is 1.07 bits per heavy atom. The summed E-state index contributed by atoms with van der Waals surface area (Å²) >= 11 is 0. The van der Waals surface area contributed by atoms with Crippen molar-refractivity contribution in [2.24, 2.45) is 7.05 Å². The van der Waals surface area contributed by atoms with Gasteiger partial charge in [-0.1, -0.05) is 0 Å². The summed E-state index contributed by atoms with van der Waals surface area (Å²) in [4.78, 5) is 29.0. The molecule has 146 valence electrons. The average Bonchev–Trinajstić information content (AvgIpc) is 2.72. The largest absolute Gasteiger partial charge is 0.371 e. The van der Waals surface area contributed by atoms with Gasteiger partial charge in [0.2, 0.25) is 5.95 Å². The van der Waals surface area contributed by atoms with Crippen LogP contribution in [0, 0.1) is 0 Å². The van der Waals surface area contributed by atoms with Crippen LogP contribution in [0.4, 0.5) is 17.3 Å². The van der Waals surface area contributed by atoms with Crippen molar-refractivity contribution in [2.75, 3.05) is 37.4 Å². The van der Waals surface area contributed by atoms with Crippen LogP contribution in [-0.2, 0) is 7.05 Å². The van der Waals surface area contributed by atoms with Crippen LogP contribution in [0.5, 0.6) is 0 Å². The number of piperidine rings is 1. The Balaban J connectivity index is 1.47. The van der Waals surface area contributed by atoms with Gasteiger partial charge in [0.25, 0.3) is 0 Å². The molecule has 2 aromatic heterocycles. The SMILES string of the molecule is CN(C)C1CCN(c2ccc(Nc3ncc4cnc(=O)n(C)c4n3)cc2)CC1. The minimum Gasteiger partial charge on any atom is -0.371 e. The number of hydrogen-bond donors (Lipinski definition) is 1. The van der Waals surface area contributed by atoms with E-state index in [1.807, 2.05) is 12.1 Å². The highest BCUT2D eigenvalue weighted by atomic mass is 16.1. The van der Waals surface area contributed by atoms with Crippen LogP contribution >= 0.6 is 0 Å². The molecule has 3 aromatic rings. The number of aryl methyl sites for hydroxylation is 1. The smallest absolute Gasteiger partial charge is 0.348 e. The summed E-state index contributed by atoms with van der Waals surface area (Å²) in [6, 6.07) is 8.99. The normalized spacial score (nSPS) is 15.4. The maximum absolute atomic E-state index is 11.7. The lowest BCUT2D eigenvalue weighted by molar-refractivity contribution is 0.249. The molecule has 28 heavy (non-hydrogen) atoms. The molecule has 8 heteroatoms. The highest BCUT2D eigenvalue weighted by molar-refractivity contribution is 5.74. The molecule has 0 amide bonds. The van der Waals surface area contributed by atoms with Crippen LogP contribution < -0.4 is 15.9 Å². The zero-order valence-electron chi connectivity index (χ0n) is 16.5. The average molecular weight is 379 g/mol. The zero-order valence-corrected chi connectivity index (χ0v) is 16.5. The topological polar surface area (TPSA) is 79.2 Å². The Morgan fingerprint density at radius 2 is 1.75 bits per heavy atom. The van der Waals surface area contributed by atoms with Crippen molar-refractivity contribution in [2.45, 2.75) is 18.9 Å². The third kappa shape index (κ3) is 3.68. The molecule has 0 saturated carbocycles. The summed E-state index contributed by atoms with van der Waals surface area (Å²) in [5.74, 6) is 0.452. The highest BCUT2D eigenvalue weighted by Gasteiger charge is 2.20. The van der Waals surface area contributed by atoms with Crippen LogP contribution in [0.2, 0.25) is 0 Å². The van der Waals surface area contributed by atoms with Crippen LogP contribution in [0.1, 0.15) is 12.8 Å². The fraction of sp³-hybridized carbons (Fsp3) is 0.400. The van der Waals surface area contributed by atoms with Crippen LogP contribution in [-0.4, -0.2) is 57.6 Å². The van der Waals surface area contributed by atoms with E-state index in [4.69, 9.17) is 0 Å². The first kappa shape index (κ1) is 18.4. The number of hydrogen-bond acceptors (Lipinski definition) is 7. The first-order valence-electron chi connectivity index (χ1n) is 9.48. The van der Waals surface area contributed by atoms with Gasteiger partial charge in [-0.15, -0.1) is 0 Å². The van der Waals surface area contributed by atoms with Crippen LogP contribution in [0.25, 0.3) is 11.0 Å². The van der Waals surface area contributed by atoms with E-state index in [1.165, 1.54) is 29.3 Å². The van der Waals surface area contributed by atoms with Gasteiger partial charge >= 0.3 is 5.69 Å². The summed E-state index contributed by atoms with van der Waals surface area (Å²) < 4.78 is 1.42. The van der Waals surface area contributed by atoms with Crippen molar-refractivity contribution in [1.29, 1.82) is 0 Å². The lowest BCUT2D eigenvalue weighted by Gasteiger charge is -2.36. The van der Waals surface area contributed by atoms with Gasteiger partial charge < -0.3 is 15.1 Å². The number of fused-ring (bicyclic) bond motifs is 1. The summed E-state index contributed by atoms with van der Waals surface area (Å²) in [5, 5.41) is 3.94. The van der Waals surface area contributed by atoms with Crippen molar-refractivity contribution in [3.8, 4) is 0 Å². The molecule has 4 rings (SSSR count).